The fraction of sp³-hybridized carbons (Fsp3) is 0.231. The number of anilines is 1. The molecule has 0 aliphatic rings. The fourth-order valence-electron chi connectivity index (χ4n) is 1.72. The standard InChI is InChI=1S/C13H11Cl2F2NS/c1-6-3-10(17)11(5-9(6)16)18-7(2)8-4-12(14)19-13(8)15/h3-5,7,18H,1-2H3. The average molecular weight is 322 g/mol. The summed E-state index contributed by atoms with van der Waals surface area (Å²) in [5, 5.41) is 2.90. The van der Waals surface area contributed by atoms with Gasteiger partial charge in [-0.2, -0.15) is 0 Å². The Balaban J connectivity index is 2.26. The van der Waals surface area contributed by atoms with E-state index in [9.17, 15) is 8.78 Å². The third-order valence-corrected chi connectivity index (χ3v) is 4.29. The zero-order valence-corrected chi connectivity index (χ0v) is 12.6. The summed E-state index contributed by atoms with van der Waals surface area (Å²) >= 11 is 13.1. The van der Waals surface area contributed by atoms with Gasteiger partial charge in [0, 0.05) is 11.6 Å². The Kier molecular flexibility index (Phi) is 4.33. The van der Waals surface area contributed by atoms with Crippen molar-refractivity contribution < 1.29 is 8.78 Å². The van der Waals surface area contributed by atoms with Crippen molar-refractivity contribution in [1.82, 2.24) is 0 Å². The van der Waals surface area contributed by atoms with E-state index in [1.807, 2.05) is 6.92 Å². The summed E-state index contributed by atoms with van der Waals surface area (Å²) in [7, 11) is 0. The molecule has 0 aliphatic heterocycles. The van der Waals surface area contributed by atoms with Gasteiger partial charge in [0.2, 0.25) is 0 Å². The largest absolute Gasteiger partial charge is 0.376 e. The first-order chi connectivity index (χ1) is 8.88. The second-order valence-corrected chi connectivity index (χ2v) is 6.51. The van der Waals surface area contributed by atoms with Crippen LogP contribution in [0.2, 0.25) is 8.67 Å². The van der Waals surface area contributed by atoms with Crippen LogP contribution >= 0.6 is 34.5 Å². The molecule has 2 aromatic rings. The van der Waals surface area contributed by atoms with Crippen LogP contribution < -0.4 is 5.32 Å². The fourth-order valence-corrected chi connectivity index (χ4v) is 3.36. The summed E-state index contributed by atoms with van der Waals surface area (Å²) in [4.78, 5) is 0. The van der Waals surface area contributed by atoms with Crippen LogP contribution in [0.3, 0.4) is 0 Å². The van der Waals surface area contributed by atoms with Gasteiger partial charge in [-0.1, -0.05) is 23.2 Å². The van der Waals surface area contributed by atoms with E-state index in [0.717, 1.165) is 17.7 Å². The van der Waals surface area contributed by atoms with E-state index in [0.29, 0.717) is 8.67 Å². The third kappa shape index (κ3) is 3.19. The molecule has 102 valence electrons. The molecule has 1 aromatic carbocycles. The summed E-state index contributed by atoms with van der Waals surface area (Å²) in [6.07, 6.45) is 0. The molecule has 1 N–H and O–H groups in total. The molecule has 2 rings (SSSR count). The topological polar surface area (TPSA) is 12.0 Å². The van der Waals surface area contributed by atoms with Gasteiger partial charge < -0.3 is 5.32 Å². The number of halogens is 4. The van der Waals surface area contributed by atoms with E-state index in [1.165, 1.54) is 18.3 Å². The SMILES string of the molecule is Cc1cc(F)c(NC(C)c2cc(Cl)sc2Cl)cc1F. The van der Waals surface area contributed by atoms with Crippen molar-refractivity contribution in [3.63, 3.8) is 0 Å². The van der Waals surface area contributed by atoms with Crippen molar-refractivity contribution >= 4 is 40.2 Å². The molecule has 1 nitrogen and oxygen atoms in total. The lowest BCUT2D eigenvalue weighted by molar-refractivity contribution is 0.593. The Labute approximate surface area is 124 Å². The minimum Gasteiger partial charge on any atom is -0.376 e. The van der Waals surface area contributed by atoms with Gasteiger partial charge in [-0.25, -0.2) is 8.78 Å². The van der Waals surface area contributed by atoms with Crippen molar-refractivity contribution in [3.8, 4) is 0 Å². The van der Waals surface area contributed by atoms with E-state index in [2.05, 4.69) is 5.32 Å². The van der Waals surface area contributed by atoms with Crippen molar-refractivity contribution in [1.29, 1.82) is 0 Å². The smallest absolute Gasteiger partial charge is 0.146 e. The van der Waals surface area contributed by atoms with Crippen molar-refractivity contribution in [2.45, 2.75) is 19.9 Å². The Morgan fingerprint density at radius 3 is 2.42 bits per heavy atom. The molecular formula is C13H11Cl2F2NS. The Bertz CT molecular complexity index is 613. The Morgan fingerprint density at radius 1 is 1.16 bits per heavy atom. The normalized spacial score (nSPS) is 12.5. The number of nitrogens with one attached hydrogen (secondary N) is 1. The highest BCUT2D eigenvalue weighted by Gasteiger charge is 2.15. The molecule has 0 saturated carbocycles. The number of rotatable bonds is 3. The van der Waals surface area contributed by atoms with E-state index >= 15 is 0 Å². The molecule has 1 atom stereocenters. The maximum Gasteiger partial charge on any atom is 0.146 e. The Hall–Kier alpha value is -0.840. The van der Waals surface area contributed by atoms with Crippen LogP contribution in [-0.4, -0.2) is 0 Å². The van der Waals surface area contributed by atoms with Crippen LogP contribution in [0.1, 0.15) is 24.1 Å². The number of benzene rings is 1. The summed E-state index contributed by atoms with van der Waals surface area (Å²) < 4.78 is 28.3. The summed E-state index contributed by atoms with van der Waals surface area (Å²) in [6.45, 7) is 3.32. The number of aryl methyl sites for hydroxylation is 1. The van der Waals surface area contributed by atoms with Crippen LogP contribution in [0.25, 0.3) is 0 Å². The van der Waals surface area contributed by atoms with Gasteiger partial charge in [0.15, 0.2) is 0 Å². The molecule has 0 saturated heterocycles. The molecular weight excluding hydrogens is 311 g/mol. The quantitative estimate of drug-likeness (QED) is 0.751. The summed E-state index contributed by atoms with van der Waals surface area (Å²) in [5.74, 6) is -0.950. The van der Waals surface area contributed by atoms with Crippen LogP contribution in [-0.2, 0) is 0 Å². The third-order valence-electron chi connectivity index (χ3n) is 2.77. The highest BCUT2D eigenvalue weighted by Crippen LogP contribution is 2.36. The monoisotopic (exact) mass is 321 g/mol. The molecule has 1 aromatic heterocycles. The molecule has 0 bridgehead atoms. The highest BCUT2D eigenvalue weighted by molar-refractivity contribution is 7.20. The predicted octanol–water partition coefficient (Wildman–Crippen LogP) is 5.81. The van der Waals surface area contributed by atoms with Gasteiger partial charge in [0.25, 0.3) is 0 Å². The average Bonchev–Trinajstić information content (AvgIpc) is 2.65. The second-order valence-electron chi connectivity index (χ2n) is 4.23. The predicted molar refractivity (Wildman–Crippen MR) is 77.5 cm³/mol. The first-order valence-electron chi connectivity index (χ1n) is 5.55. The molecule has 19 heavy (non-hydrogen) atoms. The lowest BCUT2D eigenvalue weighted by Gasteiger charge is -2.16. The van der Waals surface area contributed by atoms with E-state index in [-0.39, 0.29) is 17.3 Å². The van der Waals surface area contributed by atoms with Gasteiger partial charge in [0.1, 0.15) is 11.6 Å². The lowest BCUT2D eigenvalue weighted by atomic mass is 10.1. The molecule has 0 spiro atoms. The van der Waals surface area contributed by atoms with Crippen molar-refractivity contribution in [2.75, 3.05) is 5.32 Å². The number of hydrogen-bond acceptors (Lipinski definition) is 2. The molecule has 0 aliphatic carbocycles. The molecule has 6 heteroatoms. The first-order valence-corrected chi connectivity index (χ1v) is 7.12. The molecule has 1 heterocycles. The summed E-state index contributed by atoms with van der Waals surface area (Å²) in [6, 6.07) is 3.75. The number of hydrogen-bond donors (Lipinski definition) is 1. The first kappa shape index (κ1) is 14.6. The molecule has 1 unspecified atom stereocenters. The van der Waals surface area contributed by atoms with Crippen molar-refractivity contribution in [2.24, 2.45) is 0 Å². The van der Waals surface area contributed by atoms with E-state index in [4.69, 9.17) is 23.2 Å². The molecule has 0 fully saturated rings. The molecule has 0 amide bonds. The highest BCUT2D eigenvalue weighted by atomic mass is 35.5. The van der Waals surface area contributed by atoms with Crippen LogP contribution in [0, 0.1) is 18.6 Å². The van der Waals surface area contributed by atoms with E-state index in [1.54, 1.807) is 6.07 Å². The van der Waals surface area contributed by atoms with Gasteiger partial charge in [0.05, 0.1) is 20.4 Å². The second kappa shape index (κ2) is 5.65. The molecule has 0 radical (unpaired) electrons. The van der Waals surface area contributed by atoms with E-state index < -0.39 is 11.6 Å². The zero-order valence-electron chi connectivity index (χ0n) is 10.2. The maximum absolute atomic E-state index is 13.7. The van der Waals surface area contributed by atoms with Gasteiger partial charge in [-0.15, -0.1) is 11.3 Å². The van der Waals surface area contributed by atoms with Crippen LogP contribution in [0.4, 0.5) is 14.5 Å². The van der Waals surface area contributed by atoms with Crippen LogP contribution in [0.15, 0.2) is 18.2 Å². The Morgan fingerprint density at radius 2 is 1.84 bits per heavy atom. The minimum atomic E-state index is -0.497. The zero-order chi connectivity index (χ0) is 14.2. The van der Waals surface area contributed by atoms with Crippen molar-refractivity contribution in [3.05, 3.63) is 49.6 Å². The lowest BCUT2D eigenvalue weighted by Crippen LogP contribution is -2.08. The number of thiophene rings is 1. The minimum absolute atomic E-state index is 0.106. The summed E-state index contributed by atoms with van der Waals surface area (Å²) in [5.41, 5.74) is 1.14. The van der Waals surface area contributed by atoms with Gasteiger partial charge in [-0.3, -0.25) is 0 Å². The van der Waals surface area contributed by atoms with Crippen LogP contribution in [0.5, 0.6) is 0 Å². The van der Waals surface area contributed by atoms with Gasteiger partial charge in [-0.05, 0) is 31.5 Å². The van der Waals surface area contributed by atoms with Gasteiger partial charge >= 0.3 is 0 Å². The maximum atomic E-state index is 13.7.